The number of rotatable bonds is 3. The number of pyridine rings is 2. The molecule has 0 spiro atoms. The number of amides is 1. The van der Waals surface area contributed by atoms with E-state index >= 15 is 0 Å². The average Bonchev–Trinajstić information content (AvgIpc) is 3.10. The second-order valence-corrected chi connectivity index (χ2v) is 8.06. The van der Waals surface area contributed by atoms with Crippen molar-refractivity contribution in [3.05, 3.63) is 46.6 Å². The van der Waals surface area contributed by atoms with Gasteiger partial charge in [-0.2, -0.15) is 5.10 Å². The van der Waals surface area contributed by atoms with E-state index in [1.807, 2.05) is 4.90 Å². The van der Waals surface area contributed by atoms with Crippen molar-refractivity contribution >= 4 is 29.3 Å². The average molecular weight is 438 g/mol. The molecule has 1 saturated heterocycles. The maximum absolute atomic E-state index is 13.0. The van der Waals surface area contributed by atoms with Gasteiger partial charge in [0.2, 0.25) is 0 Å². The first kappa shape index (κ1) is 20.2. The van der Waals surface area contributed by atoms with Crippen molar-refractivity contribution < 1.29 is 19.4 Å². The number of nitrogens with zero attached hydrogens (tertiary/aromatic N) is 6. The van der Waals surface area contributed by atoms with Crippen LogP contribution in [0.4, 0.5) is 11.5 Å². The van der Waals surface area contributed by atoms with Gasteiger partial charge in [0.05, 0.1) is 18.2 Å². The van der Waals surface area contributed by atoms with Gasteiger partial charge in [-0.1, -0.05) is 0 Å². The zero-order valence-corrected chi connectivity index (χ0v) is 17.4. The number of aromatic nitrogens is 4. The van der Waals surface area contributed by atoms with Crippen molar-refractivity contribution in [1.29, 1.82) is 0 Å². The topological polar surface area (TPSA) is 122 Å². The Morgan fingerprint density at radius 2 is 2.16 bits per heavy atom. The molecule has 1 amide bonds. The molecule has 0 aliphatic carbocycles. The number of piperidine rings is 1. The monoisotopic (exact) mass is 438 g/mol. The summed E-state index contributed by atoms with van der Waals surface area (Å²) in [5.41, 5.74) is 1.42. The van der Waals surface area contributed by atoms with Gasteiger partial charge in [0.1, 0.15) is 12.9 Å². The van der Waals surface area contributed by atoms with Gasteiger partial charge < -0.3 is 24.4 Å². The van der Waals surface area contributed by atoms with Crippen LogP contribution in [0.3, 0.4) is 0 Å². The van der Waals surface area contributed by atoms with E-state index in [4.69, 9.17) is 4.74 Å². The lowest BCUT2D eigenvalue weighted by molar-refractivity contribution is -0.113. The van der Waals surface area contributed by atoms with Gasteiger partial charge in [0.15, 0.2) is 17.2 Å². The molecular weight excluding hydrogens is 416 g/mol. The first-order chi connectivity index (χ1) is 15.4. The quantitative estimate of drug-likeness (QED) is 0.566. The molecule has 5 rings (SSSR count). The van der Waals surface area contributed by atoms with Crippen LogP contribution in [0.2, 0.25) is 0 Å². The smallest absolute Gasteiger partial charge is 0.350 e. The molecular formula is C21H22N6O5. The number of likely N-dealkylation sites (tertiary alicyclic amines) is 1. The second-order valence-electron chi connectivity index (χ2n) is 8.06. The fourth-order valence-electron chi connectivity index (χ4n) is 4.26. The summed E-state index contributed by atoms with van der Waals surface area (Å²) < 4.78 is 8.50. The SMILES string of the molecule is Cn1nc2cc(N3CCOc4cc(C(=O)N5C[C@H](O)C[C@H](C=O)C5)cnc43)ccn2c1=O. The first-order valence-corrected chi connectivity index (χ1v) is 10.3. The molecule has 11 heteroatoms. The van der Waals surface area contributed by atoms with E-state index in [1.165, 1.54) is 20.2 Å². The summed E-state index contributed by atoms with van der Waals surface area (Å²) in [5.74, 6) is 0.333. The number of ether oxygens (including phenoxy) is 1. The number of aliphatic hydroxyl groups excluding tert-OH is 1. The summed E-state index contributed by atoms with van der Waals surface area (Å²) in [5, 5.41) is 14.2. The zero-order valence-electron chi connectivity index (χ0n) is 17.4. The van der Waals surface area contributed by atoms with Gasteiger partial charge in [-0.15, -0.1) is 0 Å². The number of carbonyl (C=O) groups is 2. The highest BCUT2D eigenvalue weighted by atomic mass is 16.5. The van der Waals surface area contributed by atoms with Crippen LogP contribution in [0.1, 0.15) is 16.8 Å². The molecule has 0 unspecified atom stereocenters. The maximum Gasteiger partial charge on any atom is 0.350 e. The summed E-state index contributed by atoms with van der Waals surface area (Å²) in [7, 11) is 1.60. The molecule has 0 radical (unpaired) electrons. The molecule has 2 aliphatic heterocycles. The zero-order chi connectivity index (χ0) is 22.4. The Hall–Kier alpha value is -3.73. The van der Waals surface area contributed by atoms with Crippen LogP contribution in [0, 0.1) is 5.92 Å². The summed E-state index contributed by atoms with van der Waals surface area (Å²) in [6, 6.07) is 5.24. The molecule has 1 fully saturated rings. The largest absolute Gasteiger partial charge is 0.488 e. The lowest BCUT2D eigenvalue weighted by Gasteiger charge is -2.34. The van der Waals surface area contributed by atoms with Crippen LogP contribution < -0.4 is 15.3 Å². The van der Waals surface area contributed by atoms with Crippen molar-refractivity contribution in [3.63, 3.8) is 0 Å². The number of hydrogen-bond donors (Lipinski definition) is 1. The van der Waals surface area contributed by atoms with Crippen LogP contribution in [0.5, 0.6) is 5.75 Å². The molecule has 166 valence electrons. The molecule has 11 nitrogen and oxygen atoms in total. The molecule has 1 N–H and O–H groups in total. The standard InChI is InChI=1S/C21H22N6O5/c1-24-21(31)27-3-2-15(8-18(27)23-24)26-4-5-32-17-7-14(9-22-19(17)26)20(30)25-10-13(12-28)6-16(29)11-25/h2-3,7-9,12-13,16,29H,4-6,10-11H2,1H3/t13-,16+/m0/s1. The van der Waals surface area contributed by atoms with E-state index in [1.54, 1.807) is 31.4 Å². The highest BCUT2D eigenvalue weighted by Crippen LogP contribution is 2.35. The lowest BCUT2D eigenvalue weighted by atomic mass is 9.97. The van der Waals surface area contributed by atoms with E-state index in [0.29, 0.717) is 42.4 Å². The summed E-state index contributed by atoms with van der Waals surface area (Å²) in [6.45, 7) is 1.38. The van der Waals surface area contributed by atoms with Crippen molar-refractivity contribution in [1.82, 2.24) is 24.1 Å². The number of aryl methyl sites for hydroxylation is 1. The number of anilines is 2. The van der Waals surface area contributed by atoms with Crippen LogP contribution in [-0.4, -0.2) is 73.7 Å². The minimum Gasteiger partial charge on any atom is -0.488 e. The van der Waals surface area contributed by atoms with Gasteiger partial charge in [-0.25, -0.2) is 14.5 Å². The Morgan fingerprint density at radius 1 is 1.31 bits per heavy atom. The number of aldehydes is 1. The number of hydrogen-bond acceptors (Lipinski definition) is 8. The first-order valence-electron chi connectivity index (χ1n) is 10.3. The molecule has 0 bridgehead atoms. The third kappa shape index (κ3) is 3.40. The number of aliphatic hydroxyl groups is 1. The minimum absolute atomic E-state index is 0.177. The molecule has 2 atom stereocenters. The Labute approximate surface area is 182 Å². The number of fused-ring (bicyclic) bond motifs is 2. The highest BCUT2D eigenvalue weighted by Gasteiger charge is 2.31. The molecule has 3 aromatic heterocycles. The van der Waals surface area contributed by atoms with E-state index in [9.17, 15) is 19.5 Å². The molecule has 2 aliphatic rings. The predicted octanol–water partition coefficient (Wildman–Crippen LogP) is -0.0196. The van der Waals surface area contributed by atoms with E-state index in [2.05, 4.69) is 10.1 Å². The van der Waals surface area contributed by atoms with Crippen LogP contribution in [0.25, 0.3) is 5.65 Å². The molecule has 3 aromatic rings. The molecule has 0 saturated carbocycles. The van der Waals surface area contributed by atoms with Gasteiger partial charge in [0.25, 0.3) is 5.91 Å². The van der Waals surface area contributed by atoms with Crippen molar-refractivity contribution in [2.24, 2.45) is 13.0 Å². The van der Waals surface area contributed by atoms with Crippen molar-refractivity contribution in [2.75, 3.05) is 31.1 Å². The third-order valence-electron chi connectivity index (χ3n) is 5.81. The number of carbonyl (C=O) groups excluding carboxylic acids is 2. The fraction of sp³-hybridized carbons (Fsp3) is 0.381. The predicted molar refractivity (Wildman–Crippen MR) is 113 cm³/mol. The van der Waals surface area contributed by atoms with Gasteiger partial charge in [-0.05, 0) is 18.6 Å². The lowest BCUT2D eigenvalue weighted by Crippen LogP contribution is -2.46. The minimum atomic E-state index is -0.728. The van der Waals surface area contributed by atoms with Crippen molar-refractivity contribution in [3.8, 4) is 5.75 Å². The van der Waals surface area contributed by atoms with Crippen molar-refractivity contribution in [2.45, 2.75) is 12.5 Å². The highest BCUT2D eigenvalue weighted by molar-refractivity contribution is 5.95. The third-order valence-corrected chi connectivity index (χ3v) is 5.81. The Balaban J connectivity index is 1.44. The summed E-state index contributed by atoms with van der Waals surface area (Å²) in [4.78, 5) is 44.1. The normalized spacial score (nSPS) is 20.7. The van der Waals surface area contributed by atoms with Gasteiger partial charge >= 0.3 is 5.69 Å². The summed E-state index contributed by atoms with van der Waals surface area (Å²) >= 11 is 0. The van der Waals surface area contributed by atoms with E-state index in [0.717, 1.165) is 12.0 Å². The van der Waals surface area contributed by atoms with Gasteiger partial charge in [-0.3, -0.25) is 9.20 Å². The van der Waals surface area contributed by atoms with Crippen LogP contribution in [0.15, 0.2) is 35.4 Å². The Morgan fingerprint density at radius 3 is 2.97 bits per heavy atom. The number of β-amino-alcohol motifs (C(OH)–C–C–N with tert-alkyl or cyclic N) is 1. The van der Waals surface area contributed by atoms with E-state index in [-0.39, 0.29) is 30.6 Å². The maximum atomic E-state index is 13.0. The molecule has 0 aromatic carbocycles. The Kier molecular flexibility index (Phi) is 4.89. The van der Waals surface area contributed by atoms with Gasteiger partial charge in [0, 0.05) is 50.2 Å². The van der Waals surface area contributed by atoms with Crippen LogP contribution in [-0.2, 0) is 11.8 Å². The summed E-state index contributed by atoms with van der Waals surface area (Å²) in [6.07, 6.45) is 3.55. The molecule has 32 heavy (non-hydrogen) atoms. The van der Waals surface area contributed by atoms with Crippen LogP contribution >= 0.6 is 0 Å². The Bertz CT molecular complexity index is 1270. The molecule has 5 heterocycles. The second kappa shape index (κ2) is 7.75. The van der Waals surface area contributed by atoms with E-state index < -0.39 is 6.10 Å². The fourth-order valence-corrected chi connectivity index (χ4v) is 4.26.